The van der Waals surface area contributed by atoms with E-state index in [-0.39, 0.29) is 31.1 Å². The highest BCUT2D eigenvalue weighted by Gasteiger charge is 2.37. The molecule has 3 heterocycles. The van der Waals surface area contributed by atoms with Gasteiger partial charge in [0.25, 0.3) is 5.91 Å². The van der Waals surface area contributed by atoms with Crippen LogP contribution in [0.1, 0.15) is 52.2 Å². The minimum Gasteiger partial charge on any atom is -0.380 e. The molecule has 4 N–H and O–H groups in total. The summed E-state index contributed by atoms with van der Waals surface area (Å²) in [7, 11) is -4.19. The van der Waals surface area contributed by atoms with Crippen LogP contribution in [0, 0.1) is 6.92 Å². The van der Waals surface area contributed by atoms with Crippen LogP contribution in [0.25, 0.3) is 10.4 Å². The lowest BCUT2D eigenvalue weighted by Crippen LogP contribution is -2.52. The van der Waals surface area contributed by atoms with Crippen molar-refractivity contribution in [3.63, 3.8) is 0 Å². The van der Waals surface area contributed by atoms with E-state index in [4.69, 9.17) is 0 Å². The van der Waals surface area contributed by atoms with Gasteiger partial charge in [0.1, 0.15) is 0 Å². The molecule has 8 nitrogen and oxygen atoms in total. The Bertz CT molecular complexity index is 1340. The van der Waals surface area contributed by atoms with Crippen molar-refractivity contribution in [3.8, 4) is 10.4 Å². The number of hydrogen-bond donors (Lipinski definition) is 4. The zero-order chi connectivity index (χ0) is 26.9. The van der Waals surface area contributed by atoms with E-state index in [1.165, 1.54) is 35.7 Å². The van der Waals surface area contributed by atoms with Gasteiger partial charge in [-0.15, -0.1) is 11.3 Å². The molecule has 2 saturated heterocycles. The Labute approximate surface area is 227 Å². The predicted molar refractivity (Wildman–Crippen MR) is 152 cm³/mol. The second-order valence-electron chi connectivity index (χ2n) is 10.3. The average Bonchev–Trinajstić information content (AvgIpc) is 3.54. The number of hydrogen-bond acceptors (Lipinski definition) is 5. The summed E-state index contributed by atoms with van der Waals surface area (Å²) in [6.07, 6.45) is 2.59. The van der Waals surface area contributed by atoms with Crippen LogP contribution < -0.4 is 10.6 Å². The lowest BCUT2D eigenvalue weighted by Gasteiger charge is -2.39. The Morgan fingerprint density at radius 2 is 1.87 bits per heavy atom. The van der Waals surface area contributed by atoms with Crippen LogP contribution in [0.15, 0.2) is 54.6 Å². The Hall–Kier alpha value is -2.52. The smallest absolute Gasteiger partial charge is 0.380 e. The molecule has 2 aromatic carbocycles. The maximum absolute atomic E-state index is 13.2. The normalized spacial score (nSPS) is 17.8. The third-order valence-corrected chi connectivity index (χ3v) is 9.52. The van der Waals surface area contributed by atoms with E-state index in [1.54, 1.807) is 0 Å². The highest BCUT2D eigenvalue weighted by atomic mass is 32.1. The van der Waals surface area contributed by atoms with Crippen LogP contribution in [0.3, 0.4) is 0 Å². The van der Waals surface area contributed by atoms with E-state index < -0.39 is 7.75 Å². The molecule has 10 heteroatoms. The summed E-state index contributed by atoms with van der Waals surface area (Å²) in [5, 5.41) is 6.41. The third-order valence-electron chi connectivity index (χ3n) is 7.34. The monoisotopic (exact) mass is 554 g/mol. The number of benzene rings is 2. The van der Waals surface area contributed by atoms with Crippen LogP contribution in [-0.4, -0.2) is 57.5 Å². The molecule has 2 aliphatic rings. The van der Waals surface area contributed by atoms with Crippen molar-refractivity contribution in [1.82, 2.24) is 14.9 Å². The van der Waals surface area contributed by atoms with Gasteiger partial charge in [-0.1, -0.05) is 24.3 Å². The standard InChI is InChI=1S/C28H35N4O4PS/c1-19-8-9-23(30-24-16-32(17-24)37(34,35)36)15-26(19)28(33)29-20(2)21-6-5-7-22(14-21)27-11-10-25(38-27)18-31-12-3-4-13-31/h5-11,14-15,20,24,30H,3-4,12-13,16-18H2,1-2H3,(H,29,33)(H2,34,35,36)/t20-/m1/s1. The van der Waals surface area contributed by atoms with Crippen molar-refractivity contribution in [2.24, 2.45) is 0 Å². The Morgan fingerprint density at radius 1 is 1.11 bits per heavy atom. The topological polar surface area (TPSA) is 105 Å². The van der Waals surface area contributed by atoms with Crippen molar-refractivity contribution >= 4 is 30.7 Å². The van der Waals surface area contributed by atoms with Crippen molar-refractivity contribution in [2.45, 2.75) is 45.3 Å². The number of rotatable bonds is 9. The van der Waals surface area contributed by atoms with Crippen molar-refractivity contribution < 1.29 is 19.1 Å². The van der Waals surface area contributed by atoms with E-state index in [0.29, 0.717) is 5.56 Å². The second kappa shape index (κ2) is 11.3. The fraction of sp³-hybridized carbons (Fsp3) is 0.393. The van der Waals surface area contributed by atoms with Gasteiger partial charge in [-0.25, -0.2) is 9.24 Å². The van der Waals surface area contributed by atoms with Gasteiger partial charge in [0, 0.05) is 40.6 Å². The summed E-state index contributed by atoms with van der Waals surface area (Å²) in [6.45, 7) is 7.81. The van der Waals surface area contributed by atoms with Crippen molar-refractivity contribution in [1.29, 1.82) is 0 Å². The zero-order valence-corrected chi connectivity index (χ0v) is 23.5. The molecule has 0 saturated carbocycles. The van der Waals surface area contributed by atoms with Gasteiger partial charge in [0.05, 0.1) is 12.1 Å². The number of thiophene rings is 1. The molecule has 0 spiro atoms. The molecule has 0 aliphatic carbocycles. The summed E-state index contributed by atoms with van der Waals surface area (Å²) < 4.78 is 12.5. The second-order valence-corrected chi connectivity index (χ2v) is 13.1. The summed E-state index contributed by atoms with van der Waals surface area (Å²) in [5.41, 5.74) is 4.41. The van der Waals surface area contributed by atoms with Gasteiger partial charge < -0.3 is 20.4 Å². The SMILES string of the molecule is Cc1ccc(NC2CN(P(=O)(O)O)C2)cc1C(=O)N[C@H](C)c1cccc(-c2ccc(CN3CCCC3)s2)c1. The maximum atomic E-state index is 13.2. The van der Waals surface area contributed by atoms with Gasteiger partial charge in [-0.2, -0.15) is 0 Å². The van der Waals surface area contributed by atoms with Gasteiger partial charge in [-0.05, 0) is 86.8 Å². The van der Waals surface area contributed by atoms with E-state index in [1.807, 2.05) is 55.5 Å². The molecule has 0 bridgehead atoms. The first kappa shape index (κ1) is 27.1. The molecule has 38 heavy (non-hydrogen) atoms. The first-order valence-electron chi connectivity index (χ1n) is 13.1. The fourth-order valence-electron chi connectivity index (χ4n) is 5.05. The van der Waals surface area contributed by atoms with E-state index in [2.05, 4.69) is 39.8 Å². The Kier molecular flexibility index (Phi) is 8.05. The van der Waals surface area contributed by atoms with Crippen LogP contribution in [0.2, 0.25) is 0 Å². The van der Waals surface area contributed by atoms with Crippen LogP contribution in [0.5, 0.6) is 0 Å². The fourth-order valence-corrected chi connectivity index (χ4v) is 6.92. The number of likely N-dealkylation sites (tertiary alicyclic amines) is 1. The van der Waals surface area contributed by atoms with Crippen molar-refractivity contribution in [3.05, 3.63) is 76.2 Å². The number of nitrogens with zero attached hydrogens (tertiary/aromatic N) is 2. The lowest BCUT2D eigenvalue weighted by molar-refractivity contribution is 0.0939. The zero-order valence-electron chi connectivity index (χ0n) is 21.8. The molecule has 5 rings (SSSR count). The molecule has 1 atom stereocenters. The molecule has 202 valence electrons. The lowest BCUT2D eigenvalue weighted by atomic mass is 10.0. The van der Waals surface area contributed by atoms with Crippen LogP contribution in [0.4, 0.5) is 5.69 Å². The molecule has 2 fully saturated rings. The number of anilines is 1. The molecule has 1 aromatic heterocycles. The molecule has 3 aromatic rings. The highest BCUT2D eigenvalue weighted by molar-refractivity contribution is 7.49. The molecule has 2 aliphatic heterocycles. The van der Waals surface area contributed by atoms with E-state index >= 15 is 0 Å². The number of carbonyl (C=O) groups is 1. The summed E-state index contributed by atoms with van der Waals surface area (Å²) >= 11 is 1.84. The van der Waals surface area contributed by atoms with Gasteiger partial charge in [0.2, 0.25) is 0 Å². The number of carbonyl (C=O) groups excluding carboxylic acids is 1. The third kappa shape index (κ3) is 6.37. The van der Waals surface area contributed by atoms with E-state index in [9.17, 15) is 19.1 Å². The van der Waals surface area contributed by atoms with Crippen LogP contribution >= 0.6 is 19.1 Å². The number of amides is 1. The first-order valence-corrected chi connectivity index (χ1v) is 15.4. The predicted octanol–water partition coefficient (Wildman–Crippen LogP) is 5.00. The molecular formula is C28H35N4O4PS. The highest BCUT2D eigenvalue weighted by Crippen LogP contribution is 2.44. The first-order chi connectivity index (χ1) is 18.2. The Morgan fingerprint density at radius 3 is 2.61 bits per heavy atom. The summed E-state index contributed by atoms with van der Waals surface area (Å²) in [5.74, 6) is -0.154. The largest absolute Gasteiger partial charge is 0.403 e. The quantitative estimate of drug-likeness (QED) is 0.276. The van der Waals surface area contributed by atoms with Crippen LogP contribution in [-0.2, 0) is 11.1 Å². The number of nitrogens with one attached hydrogen (secondary N) is 2. The van der Waals surface area contributed by atoms with Gasteiger partial charge in [-0.3, -0.25) is 9.69 Å². The molecule has 1 amide bonds. The van der Waals surface area contributed by atoms with Gasteiger partial charge >= 0.3 is 7.75 Å². The maximum Gasteiger partial charge on any atom is 0.403 e. The summed E-state index contributed by atoms with van der Waals surface area (Å²) in [4.78, 5) is 36.8. The van der Waals surface area contributed by atoms with Crippen molar-refractivity contribution in [2.75, 3.05) is 31.5 Å². The molecule has 0 unspecified atom stereocenters. The average molecular weight is 555 g/mol. The molecular weight excluding hydrogens is 519 g/mol. The van der Waals surface area contributed by atoms with E-state index in [0.717, 1.165) is 33.6 Å². The minimum atomic E-state index is -4.19. The number of aryl methyl sites for hydroxylation is 1. The summed E-state index contributed by atoms with van der Waals surface area (Å²) in [6, 6.07) is 18.1. The Balaban J connectivity index is 1.22. The van der Waals surface area contributed by atoms with Gasteiger partial charge in [0.15, 0.2) is 0 Å². The molecule has 0 radical (unpaired) electrons. The minimum absolute atomic E-state index is 0.0731.